The fourth-order valence-electron chi connectivity index (χ4n) is 2.84. The summed E-state index contributed by atoms with van der Waals surface area (Å²) in [4.78, 5) is 12.5. The number of hydrazone groups is 1. The van der Waals surface area contributed by atoms with Crippen LogP contribution < -0.4 is 11.2 Å². The van der Waals surface area contributed by atoms with Crippen molar-refractivity contribution in [3.8, 4) is 0 Å². The molecule has 0 aromatic heterocycles. The Morgan fingerprint density at radius 2 is 1.35 bits per heavy atom. The summed E-state index contributed by atoms with van der Waals surface area (Å²) in [6.45, 7) is 0. The van der Waals surface area contributed by atoms with E-state index in [1.807, 2.05) is 24.3 Å². The Morgan fingerprint density at radius 1 is 0.885 bits per heavy atom. The summed E-state index contributed by atoms with van der Waals surface area (Å²) in [6.07, 6.45) is 3.33. The molecule has 0 fully saturated rings. The fourth-order valence-corrected chi connectivity index (χ4v) is 3.09. The summed E-state index contributed by atoms with van der Waals surface area (Å²) in [5.41, 5.74) is 8.80. The van der Waals surface area contributed by atoms with Gasteiger partial charge in [0.2, 0.25) is 0 Å². The van der Waals surface area contributed by atoms with Crippen LogP contribution in [0, 0.1) is 5.41 Å². The molecule has 0 saturated carbocycles. The molecule has 2 heterocycles. The molecule has 5 nitrogen and oxygen atoms in total. The van der Waals surface area contributed by atoms with Crippen LogP contribution in [-0.2, 0) is 9.53 Å². The molecule has 0 atom stereocenters. The molecule has 0 bridgehead atoms. The van der Waals surface area contributed by atoms with Crippen LogP contribution in [-0.4, -0.2) is 11.7 Å². The fraction of sp³-hybridized carbons (Fsp3) is 0.0526. The van der Waals surface area contributed by atoms with Crippen molar-refractivity contribution >= 4 is 46.5 Å². The molecular formula is C19H13Cl2N3O2. The van der Waals surface area contributed by atoms with Crippen molar-refractivity contribution in [2.75, 3.05) is 0 Å². The van der Waals surface area contributed by atoms with E-state index >= 15 is 0 Å². The lowest BCUT2D eigenvalue weighted by atomic mass is 9.82. The zero-order valence-corrected chi connectivity index (χ0v) is 14.9. The van der Waals surface area contributed by atoms with E-state index in [0.29, 0.717) is 21.6 Å². The van der Waals surface area contributed by atoms with E-state index in [2.05, 4.69) is 10.5 Å². The number of nitrogens with zero attached hydrogens (tertiary/aromatic N) is 1. The molecule has 2 aliphatic heterocycles. The van der Waals surface area contributed by atoms with Gasteiger partial charge in [-0.05, 0) is 60.7 Å². The Labute approximate surface area is 159 Å². The maximum absolute atomic E-state index is 12.5. The van der Waals surface area contributed by atoms with E-state index in [4.69, 9.17) is 33.7 Å². The first-order valence-electron chi connectivity index (χ1n) is 7.77. The molecule has 7 heteroatoms. The van der Waals surface area contributed by atoms with E-state index in [9.17, 15) is 4.79 Å². The molecule has 3 N–H and O–H groups in total. The predicted octanol–water partition coefficient (Wildman–Crippen LogP) is 3.79. The number of nitrogens with two attached hydrogens (primary N) is 1. The molecule has 0 unspecified atom stereocenters. The third-order valence-corrected chi connectivity index (χ3v) is 4.78. The smallest absolute Gasteiger partial charge is 0.262 e. The summed E-state index contributed by atoms with van der Waals surface area (Å²) in [5, 5.41) is 5.10. The van der Waals surface area contributed by atoms with Crippen molar-refractivity contribution < 1.29 is 9.53 Å². The van der Waals surface area contributed by atoms with E-state index in [0.717, 1.165) is 11.1 Å². The standard InChI is InChI=1S/C19H13Cl2N3O2/c20-13-5-1-11(2-6-13)15-9-19(17(22)23-24-18(19)25)10-16(26-15)12-3-7-14(21)8-4-12/h1-10H,(H2,22,23)(H,24,25). The third kappa shape index (κ3) is 2.75. The number of carbonyl (C=O) groups is 1. The molecule has 4 rings (SSSR count). The third-order valence-electron chi connectivity index (χ3n) is 4.27. The highest BCUT2D eigenvalue weighted by Gasteiger charge is 2.46. The van der Waals surface area contributed by atoms with E-state index in [-0.39, 0.29) is 11.7 Å². The van der Waals surface area contributed by atoms with Gasteiger partial charge in [0.1, 0.15) is 17.4 Å². The summed E-state index contributed by atoms with van der Waals surface area (Å²) in [7, 11) is 0. The van der Waals surface area contributed by atoms with Gasteiger partial charge in [0.05, 0.1) is 0 Å². The summed E-state index contributed by atoms with van der Waals surface area (Å²) < 4.78 is 6.07. The first-order valence-corrected chi connectivity index (χ1v) is 8.53. The lowest BCUT2D eigenvalue weighted by Gasteiger charge is -2.27. The molecule has 0 radical (unpaired) electrons. The van der Waals surface area contributed by atoms with Crippen LogP contribution >= 0.6 is 23.2 Å². The second-order valence-electron chi connectivity index (χ2n) is 5.94. The summed E-state index contributed by atoms with van der Waals surface area (Å²) in [6, 6.07) is 14.3. The average molecular weight is 386 g/mol. The van der Waals surface area contributed by atoms with Crippen LogP contribution in [0.3, 0.4) is 0 Å². The molecule has 0 aliphatic carbocycles. The van der Waals surface area contributed by atoms with Gasteiger partial charge in [0.25, 0.3) is 5.91 Å². The SMILES string of the molecule is NC1=NNC(=O)C12C=C(c1ccc(Cl)cc1)OC(c1ccc(Cl)cc1)=C2. The molecule has 2 aromatic carbocycles. The van der Waals surface area contributed by atoms with Gasteiger partial charge in [0.15, 0.2) is 5.41 Å². The van der Waals surface area contributed by atoms with Crippen LogP contribution in [0.1, 0.15) is 11.1 Å². The molecule has 26 heavy (non-hydrogen) atoms. The Morgan fingerprint density at radius 3 is 1.73 bits per heavy atom. The molecule has 0 saturated heterocycles. The predicted molar refractivity (Wildman–Crippen MR) is 102 cm³/mol. The Kier molecular flexibility index (Phi) is 3.98. The Balaban J connectivity index is 1.85. The van der Waals surface area contributed by atoms with Crippen LogP contribution in [0.4, 0.5) is 0 Å². The number of amidine groups is 1. The monoisotopic (exact) mass is 385 g/mol. The van der Waals surface area contributed by atoms with E-state index < -0.39 is 5.41 Å². The van der Waals surface area contributed by atoms with Gasteiger partial charge < -0.3 is 10.5 Å². The maximum atomic E-state index is 12.5. The zero-order chi connectivity index (χ0) is 18.3. The van der Waals surface area contributed by atoms with Crippen LogP contribution in [0.25, 0.3) is 11.5 Å². The van der Waals surface area contributed by atoms with Gasteiger partial charge in [-0.25, -0.2) is 5.43 Å². The molecular weight excluding hydrogens is 373 g/mol. The highest BCUT2D eigenvalue weighted by Crippen LogP contribution is 2.40. The molecule has 2 aliphatic rings. The number of amides is 1. The second kappa shape index (κ2) is 6.20. The average Bonchev–Trinajstić information content (AvgIpc) is 2.90. The minimum Gasteiger partial charge on any atom is -0.457 e. The largest absolute Gasteiger partial charge is 0.457 e. The van der Waals surface area contributed by atoms with Gasteiger partial charge in [-0.3, -0.25) is 4.79 Å². The first-order chi connectivity index (χ1) is 12.5. The van der Waals surface area contributed by atoms with Crippen LogP contribution in [0.2, 0.25) is 10.0 Å². The van der Waals surface area contributed by atoms with Crippen LogP contribution in [0.5, 0.6) is 0 Å². The van der Waals surface area contributed by atoms with Gasteiger partial charge >= 0.3 is 0 Å². The molecule has 2 aromatic rings. The Hall–Kier alpha value is -2.76. The highest BCUT2D eigenvalue weighted by molar-refractivity contribution is 6.30. The summed E-state index contributed by atoms with van der Waals surface area (Å²) >= 11 is 11.9. The van der Waals surface area contributed by atoms with Crippen molar-refractivity contribution in [2.24, 2.45) is 16.3 Å². The normalized spacial score (nSPS) is 17.9. The van der Waals surface area contributed by atoms with Gasteiger partial charge in [-0.15, -0.1) is 0 Å². The topological polar surface area (TPSA) is 76.7 Å². The second-order valence-corrected chi connectivity index (χ2v) is 6.81. The number of hydrogen-bond acceptors (Lipinski definition) is 4. The van der Waals surface area contributed by atoms with Crippen molar-refractivity contribution in [2.45, 2.75) is 0 Å². The molecule has 1 amide bonds. The van der Waals surface area contributed by atoms with Gasteiger partial charge in [-0.1, -0.05) is 23.2 Å². The van der Waals surface area contributed by atoms with Crippen LogP contribution in [0.15, 0.2) is 65.8 Å². The van der Waals surface area contributed by atoms with E-state index in [1.165, 1.54) is 0 Å². The number of ether oxygens (including phenoxy) is 1. The number of hydrogen-bond donors (Lipinski definition) is 2. The minimum atomic E-state index is -1.21. The van der Waals surface area contributed by atoms with E-state index in [1.54, 1.807) is 36.4 Å². The lowest BCUT2D eigenvalue weighted by molar-refractivity contribution is -0.123. The number of nitrogens with one attached hydrogen (secondary N) is 1. The number of rotatable bonds is 2. The van der Waals surface area contributed by atoms with Crippen molar-refractivity contribution in [1.29, 1.82) is 0 Å². The first kappa shape index (κ1) is 16.7. The van der Waals surface area contributed by atoms with Crippen molar-refractivity contribution in [3.63, 3.8) is 0 Å². The van der Waals surface area contributed by atoms with Crippen molar-refractivity contribution in [3.05, 3.63) is 81.9 Å². The number of carbonyl (C=O) groups excluding carboxylic acids is 1. The lowest BCUT2D eigenvalue weighted by Crippen LogP contribution is -2.40. The Bertz CT molecular complexity index is 915. The van der Waals surface area contributed by atoms with Crippen molar-refractivity contribution in [1.82, 2.24) is 5.43 Å². The zero-order valence-electron chi connectivity index (χ0n) is 13.4. The molecule has 130 valence electrons. The number of benzene rings is 2. The van der Waals surface area contributed by atoms with Gasteiger partial charge in [-0.2, -0.15) is 5.10 Å². The molecule has 1 spiro atoms. The van der Waals surface area contributed by atoms with Gasteiger partial charge in [0, 0.05) is 21.2 Å². The quantitative estimate of drug-likeness (QED) is 0.825. The maximum Gasteiger partial charge on any atom is 0.262 e. The number of halogens is 2. The minimum absolute atomic E-state index is 0.156. The summed E-state index contributed by atoms with van der Waals surface area (Å²) in [5.74, 6) is 0.800. The highest BCUT2D eigenvalue weighted by atomic mass is 35.5.